The molecule has 25 heavy (non-hydrogen) atoms. The highest BCUT2D eigenvalue weighted by molar-refractivity contribution is 5.96. The van der Waals surface area contributed by atoms with Crippen molar-refractivity contribution in [2.45, 2.75) is 39.2 Å². The minimum atomic E-state index is 0.0204. The molecule has 2 aromatic rings. The lowest BCUT2D eigenvalue weighted by Crippen LogP contribution is -2.27. The average Bonchev–Trinajstić information content (AvgIpc) is 3.46. The van der Waals surface area contributed by atoms with E-state index in [1.807, 2.05) is 30.3 Å². The number of benzene rings is 1. The molecule has 1 aliphatic carbocycles. The van der Waals surface area contributed by atoms with Crippen molar-refractivity contribution in [2.75, 3.05) is 18.0 Å². The predicted molar refractivity (Wildman–Crippen MR) is 99.6 cm³/mol. The predicted octanol–water partition coefficient (Wildman–Crippen LogP) is 2.99. The van der Waals surface area contributed by atoms with Crippen molar-refractivity contribution in [3.05, 3.63) is 53.5 Å². The number of Topliss-reactive ketones (excluding diaryl/α,β-unsaturated/α-hetero) is 1. The molecule has 0 unspecified atom stereocenters. The first kappa shape index (κ1) is 17.5. The fraction of sp³-hybridized carbons (Fsp3) is 0.450. The second-order valence-corrected chi connectivity index (χ2v) is 6.77. The van der Waals surface area contributed by atoms with Crippen molar-refractivity contribution >= 4 is 11.6 Å². The van der Waals surface area contributed by atoms with Crippen molar-refractivity contribution in [1.82, 2.24) is 9.97 Å². The summed E-state index contributed by atoms with van der Waals surface area (Å²) in [6.07, 6.45) is 5.52. The van der Waals surface area contributed by atoms with Gasteiger partial charge in [0.25, 0.3) is 0 Å². The van der Waals surface area contributed by atoms with E-state index in [4.69, 9.17) is 5.73 Å². The Labute approximate surface area is 149 Å². The summed E-state index contributed by atoms with van der Waals surface area (Å²) < 4.78 is 0. The van der Waals surface area contributed by atoms with Gasteiger partial charge in [-0.1, -0.05) is 31.2 Å². The Bertz CT molecular complexity index is 710. The van der Waals surface area contributed by atoms with Crippen molar-refractivity contribution in [3.8, 4) is 0 Å². The van der Waals surface area contributed by atoms with E-state index in [0.29, 0.717) is 18.7 Å². The average molecular weight is 338 g/mol. The Morgan fingerprint density at radius 3 is 2.56 bits per heavy atom. The number of nitrogens with two attached hydrogens (primary N) is 1. The third kappa shape index (κ3) is 4.86. The van der Waals surface area contributed by atoms with Crippen LogP contribution in [0.4, 0.5) is 5.82 Å². The van der Waals surface area contributed by atoms with Gasteiger partial charge in [-0.2, -0.15) is 0 Å². The van der Waals surface area contributed by atoms with E-state index < -0.39 is 0 Å². The van der Waals surface area contributed by atoms with Gasteiger partial charge in [0.05, 0.1) is 0 Å². The highest BCUT2D eigenvalue weighted by Crippen LogP contribution is 2.31. The molecule has 0 saturated heterocycles. The first-order valence-corrected chi connectivity index (χ1v) is 9.07. The normalized spacial score (nSPS) is 13.7. The molecule has 0 bridgehead atoms. The second kappa shape index (κ2) is 8.21. The monoisotopic (exact) mass is 338 g/mol. The molecule has 1 saturated carbocycles. The van der Waals surface area contributed by atoms with E-state index in [0.717, 1.165) is 42.4 Å². The van der Waals surface area contributed by atoms with E-state index in [2.05, 4.69) is 21.8 Å². The summed E-state index contributed by atoms with van der Waals surface area (Å²) in [7, 11) is 0. The maximum absolute atomic E-state index is 12.6. The van der Waals surface area contributed by atoms with Gasteiger partial charge in [0.15, 0.2) is 5.78 Å². The van der Waals surface area contributed by atoms with Gasteiger partial charge >= 0.3 is 0 Å². The second-order valence-electron chi connectivity index (χ2n) is 6.77. The number of ketones is 1. The minimum Gasteiger partial charge on any atom is -0.356 e. The van der Waals surface area contributed by atoms with E-state index in [-0.39, 0.29) is 5.78 Å². The summed E-state index contributed by atoms with van der Waals surface area (Å²) in [5, 5.41) is 0. The quantitative estimate of drug-likeness (QED) is 0.712. The largest absolute Gasteiger partial charge is 0.356 e. The lowest BCUT2D eigenvalue weighted by atomic mass is 10.0. The number of hydrogen-bond donors (Lipinski definition) is 1. The third-order valence-electron chi connectivity index (χ3n) is 4.55. The molecule has 0 amide bonds. The van der Waals surface area contributed by atoms with Gasteiger partial charge in [-0.3, -0.25) is 4.79 Å². The topological polar surface area (TPSA) is 72.1 Å². The molecule has 0 spiro atoms. The molecule has 1 fully saturated rings. The van der Waals surface area contributed by atoms with Gasteiger partial charge in [-0.05, 0) is 36.3 Å². The first-order chi connectivity index (χ1) is 12.2. The van der Waals surface area contributed by atoms with Crippen LogP contribution in [0.5, 0.6) is 0 Å². The van der Waals surface area contributed by atoms with E-state index in [1.165, 1.54) is 19.2 Å². The maximum atomic E-state index is 12.6. The van der Waals surface area contributed by atoms with Crippen LogP contribution in [-0.2, 0) is 13.0 Å². The highest BCUT2D eigenvalue weighted by atomic mass is 16.1. The van der Waals surface area contributed by atoms with E-state index in [9.17, 15) is 4.79 Å². The van der Waals surface area contributed by atoms with Crippen molar-refractivity contribution in [1.29, 1.82) is 0 Å². The number of nitrogens with zero attached hydrogens (tertiary/aromatic N) is 3. The van der Waals surface area contributed by atoms with Crippen LogP contribution < -0.4 is 10.6 Å². The van der Waals surface area contributed by atoms with Gasteiger partial charge in [-0.15, -0.1) is 0 Å². The molecule has 5 nitrogen and oxygen atoms in total. The fourth-order valence-corrected chi connectivity index (χ4v) is 2.92. The highest BCUT2D eigenvalue weighted by Gasteiger charge is 2.25. The Hall–Kier alpha value is -2.27. The fourth-order valence-electron chi connectivity index (χ4n) is 2.92. The standard InChI is InChI=1S/C20H26N4O/c1-2-9-24(13-17-7-8-17)20-11-18(22-14-23-20)19(25)10-15-3-5-16(12-21)6-4-15/h3-6,11,14,17H,2,7-10,12-13,21H2,1H3. The van der Waals surface area contributed by atoms with Crippen LogP contribution >= 0.6 is 0 Å². The molecule has 1 aromatic heterocycles. The lowest BCUT2D eigenvalue weighted by molar-refractivity contribution is 0.0988. The molecule has 1 aromatic carbocycles. The number of hydrogen-bond acceptors (Lipinski definition) is 5. The number of carbonyl (C=O) groups excluding carboxylic acids is 1. The molecule has 0 aliphatic heterocycles. The molecular formula is C20H26N4O. The number of rotatable bonds is 9. The smallest absolute Gasteiger partial charge is 0.185 e. The molecular weight excluding hydrogens is 312 g/mol. The Balaban J connectivity index is 1.71. The Morgan fingerprint density at radius 1 is 1.20 bits per heavy atom. The molecule has 5 heteroatoms. The molecule has 0 atom stereocenters. The van der Waals surface area contributed by atoms with Crippen LogP contribution in [-0.4, -0.2) is 28.8 Å². The van der Waals surface area contributed by atoms with Gasteiger partial charge < -0.3 is 10.6 Å². The number of carbonyl (C=O) groups is 1. The number of aromatic nitrogens is 2. The SMILES string of the molecule is CCCN(CC1CC1)c1cc(C(=O)Cc2ccc(CN)cc2)ncn1. The summed E-state index contributed by atoms with van der Waals surface area (Å²) >= 11 is 0. The molecule has 1 heterocycles. The molecule has 2 N–H and O–H groups in total. The summed E-state index contributed by atoms with van der Waals surface area (Å²) in [6.45, 7) is 4.66. The Kier molecular flexibility index (Phi) is 5.76. The zero-order chi connectivity index (χ0) is 17.6. The van der Waals surface area contributed by atoms with Crippen LogP contribution in [0.3, 0.4) is 0 Å². The molecule has 3 rings (SSSR count). The van der Waals surface area contributed by atoms with Gasteiger partial charge in [0.2, 0.25) is 0 Å². The van der Waals surface area contributed by atoms with Gasteiger partial charge in [0.1, 0.15) is 17.8 Å². The summed E-state index contributed by atoms with van der Waals surface area (Å²) in [4.78, 5) is 23.5. The zero-order valence-corrected chi connectivity index (χ0v) is 14.8. The maximum Gasteiger partial charge on any atom is 0.185 e. The van der Waals surface area contributed by atoms with E-state index in [1.54, 1.807) is 0 Å². The van der Waals surface area contributed by atoms with Crippen LogP contribution in [0.15, 0.2) is 36.7 Å². The Morgan fingerprint density at radius 2 is 1.92 bits per heavy atom. The van der Waals surface area contributed by atoms with Crippen LogP contribution in [0.1, 0.15) is 47.8 Å². The summed E-state index contributed by atoms with van der Waals surface area (Å²) in [6, 6.07) is 9.69. The lowest BCUT2D eigenvalue weighted by Gasteiger charge is -2.23. The van der Waals surface area contributed by atoms with Crippen molar-refractivity contribution < 1.29 is 4.79 Å². The third-order valence-corrected chi connectivity index (χ3v) is 4.55. The first-order valence-electron chi connectivity index (χ1n) is 9.07. The van der Waals surface area contributed by atoms with E-state index >= 15 is 0 Å². The molecule has 1 aliphatic rings. The molecule has 132 valence electrons. The van der Waals surface area contributed by atoms with Gasteiger partial charge in [-0.25, -0.2) is 9.97 Å². The minimum absolute atomic E-state index is 0.0204. The van der Waals surface area contributed by atoms with Crippen LogP contribution in [0, 0.1) is 5.92 Å². The summed E-state index contributed by atoms with van der Waals surface area (Å²) in [5.74, 6) is 1.67. The number of anilines is 1. The van der Waals surface area contributed by atoms with Crippen molar-refractivity contribution in [2.24, 2.45) is 11.7 Å². The van der Waals surface area contributed by atoms with Crippen LogP contribution in [0.25, 0.3) is 0 Å². The zero-order valence-electron chi connectivity index (χ0n) is 14.8. The van der Waals surface area contributed by atoms with Gasteiger partial charge in [0, 0.05) is 32.1 Å². The van der Waals surface area contributed by atoms with Crippen LogP contribution in [0.2, 0.25) is 0 Å². The van der Waals surface area contributed by atoms with Crippen molar-refractivity contribution in [3.63, 3.8) is 0 Å². The summed E-state index contributed by atoms with van der Waals surface area (Å²) in [5.41, 5.74) is 8.15. The molecule has 0 radical (unpaired) electrons.